The minimum absolute atomic E-state index is 0.741. The zero-order valence-corrected chi connectivity index (χ0v) is 7.05. The molecule has 0 bridgehead atoms. The number of rotatable bonds is 0. The lowest BCUT2D eigenvalue weighted by molar-refractivity contribution is -0.484. The fourth-order valence-electron chi connectivity index (χ4n) is 2.22. The SMILES string of the molecule is C1=C2OC[N+]3=CCCC(=C23)CC1. The van der Waals surface area contributed by atoms with Gasteiger partial charge in [-0.3, -0.25) is 0 Å². The molecule has 2 aliphatic heterocycles. The van der Waals surface area contributed by atoms with Crippen LogP contribution < -0.4 is 0 Å². The zero-order valence-electron chi connectivity index (χ0n) is 7.05. The van der Waals surface area contributed by atoms with Crippen molar-refractivity contribution in [3.63, 3.8) is 0 Å². The minimum Gasteiger partial charge on any atom is -0.429 e. The van der Waals surface area contributed by atoms with Gasteiger partial charge in [0.2, 0.25) is 5.70 Å². The Balaban J connectivity index is 2.18. The van der Waals surface area contributed by atoms with Crippen LogP contribution in [-0.4, -0.2) is 17.5 Å². The number of hydrogen-bond acceptors (Lipinski definition) is 1. The number of hydrogen-bond donors (Lipinski definition) is 0. The molecule has 0 aromatic heterocycles. The summed E-state index contributed by atoms with van der Waals surface area (Å²) in [6.45, 7) is 0.741. The van der Waals surface area contributed by atoms with E-state index in [9.17, 15) is 0 Å². The van der Waals surface area contributed by atoms with E-state index in [4.69, 9.17) is 4.74 Å². The van der Waals surface area contributed by atoms with Crippen LogP contribution in [0.4, 0.5) is 0 Å². The Hall–Kier alpha value is -1.05. The fraction of sp³-hybridized carbons (Fsp3) is 0.500. The summed E-state index contributed by atoms with van der Waals surface area (Å²) in [5, 5.41) is 0. The predicted molar refractivity (Wildman–Crippen MR) is 45.9 cm³/mol. The van der Waals surface area contributed by atoms with Crippen molar-refractivity contribution in [3.05, 3.63) is 23.1 Å². The third-order valence-corrected chi connectivity index (χ3v) is 2.79. The normalized spacial score (nSPS) is 26.0. The molecule has 0 saturated carbocycles. The van der Waals surface area contributed by atoms with Crippen LogP contribution in [0, 0.1) is 0 Å². The standard InChI is InChI=1S/C10H12NO/c1-3-8-4-2-6-11-7-12-9(5-1)10(8)11/h5-6H,1-4,7H2/q+1. The molecule has 2 heterocycles. The monoisotopic (exact) mass is 162 g/mol. The highest BCUT2D eigenvalue weighted by Crippen LogP contribution is 2.34. The second-order valence-corrected chi connectivity index (χ2v) is 3.52. The summed E-state index contributed by atoms with van der Waals surface area (Å²) in [7, 11) is 0. The molecule has 1 saturated heterocycles. The van der Waals surface area contributed by atoms with Crippen LogP contribution in [0.1, 0.15) is 25.7 Å². The Bertz CT molecular complexity index is 293. The van der Waals surface area contributed by atoms with Crippen LogP contribution in [-0.2, 0) is 4.74 Å². The Morgan fingerprint density at radius 1 is 1.25 bits per heavy atom. The van der Waals surface area contributed by atoms with Crippen LogP contribution in [0.25, 0.3) is 0 Å². The Labute approximate surface area is 71.8 Å². The lowest BCUT2D eigenvalue weighted by Crippen LogP contribution is -2.14. The van der Waals surface area contributed by atoms with E-state index in [1.165, 1.54) is 31.4 Å². The van der Waals surface area contributed by atoms with Gasteiger partial charge in [-0.2, -0.15) is 4.58 Å². The Kier molecular flexibility index (Phi) is 1.20. The van der Waals surface area contributed by atoms with E-state index in [1.807, 2.05) is 0 Å². The van der Waals surface area contributed by atoms with E-state index in [-0.39, 0.29) is 0 Å². The third-order valence-electron chi connectivity index (χ3n) is 2.79. The lowest BCUT2D eigenvalue weighted by Gasteiger charge is -2.12. The second kappa shape index (κ2) is 2.22. The summed E-state index contributed by atoms with van der Waals surface area (Å²) in [5.74, 6) is 1.13. The number of allylic oxidation sites excluding steroid dienone is 2. The van der Waals surface area contributed by atoms with Crippen molar-refractivity contribution in [2.45, 2.75) is 25.7 Å². The van der Waals surface area contributed by atoms with Crippen LogP contribution in [0.2, 0.25) is 0 Å². The molecule has 12 heavy (non-hydrogen) atoms. The van der Waals surface area contributed by atoms with Gasteiger partial charge in [0.25, 0.3) is 6.73 Å². The summed E-state index contributed by atoms with van der Waals surface area (Å²) in [4.78, 5) is 0. The maximum Gasteiger partial charge on any atom is 0.292 e. The highest BCUT2D eigenvalue weighted by atomic mass is 16.5. The van der Waals surface area contributed by atoms with Crippen molar-refractivity contribution in [2.75, 3.05) is 6.73 Å². The smallest absolute Gasteiger partial charge is 0.292 e. The van der Waals surface area contributed by atoms with Gasteiger partial charge < -0.3 is 4.74 Å². The van der Waals surface area contributed by atoms with E-state index in [0.717, 1.165) is 12.5 Å². The maximum absolute atomic E-state index is 5.57. The molecule has 62 valence electrons. The van der Waals surface area contributed by atoms with Gasteiger partial charge in [-0.25, -0.2) is 0 Å². The molecule has 1 fully saturated rings. The van der Waals surface area contributed by atoms with Crippen LogP contribution >= 0.6 is 0 Å². The highest BCUT2D eigenvalue weighted by Gasteiger charge is 2.35. The topological polar surface area (TPSA) is 12.2 Å². The van der Waals surface area contributed by atoms with Gasteiger partial charge in [-0.15, -0.1) is 0 Å². The maximum atomic E-state index is 5.57. The largest absolute Gasteiger partial charge is 0.429 e. The number of ether oxygens (including phenoxy) is 1. The molecule has 2 heteroatoms. The van der Waals surface area contributed by atoms with Gasteiger partial charge in [-0.05, 0) is 25.3 Å². The van der Waals surface area contributed by atoms with E-state index in [0.29, 0.717) is 0 Å². The molecule has 3 rings (SSSR count). The molecule has 0 spiro atoms. The second-order valence-electron chi connectivity index (χ2n) is 3.52. The molecule has 0 radical (unpaired) electrons. The minimum atomic E-state index is 0.741. The fourth-order valence-corrected chi connectivity index (χ4v) is 2.22. The average molecular weight is 162 g/mol. The Morgan fingerprint density at radius 2 is 2.17 bits per heavy atom. The van der Waals surface area contributed by atoms with Gasteiger partial charge in [0.15, 0.2) is 5.76 Å². The van der Waals surface area contributed by atoms with Gasteiger partial charge >= 0.3 is 0 Å². The van der Waals surface area contributed by atoms with Crippen molar-refractivity contribution in [1.29, 1.82) is 0 Å². The summed E-state index contributed by atoms with van der Waals surface area (Å²) in [6.07, 6.45) is 9.32. The summed E-state index contributed by atoms with van der Waals surface area (Å²) >= 11 is 0. The van der Waals surface area contributed by atoms with Crippen molar-refractivity contribution < 1.29 is 9.31 Å². The van der Waals surface area contributed by atoms with Crippen molar-refractivity contribution in [3.8, 4) is 0 Å². The highest BCUT2D eigenvalue weighted by molar-refractivity contribution is 5.56. The van der Waals surface area contributed by atoms with E-state index >= 15 is 0 Å². The first-order valence-corrected chi connectivity index (χ1v) is 4.60. The van der Waals surface area contributed by atoms with E-state index in [2.05, 4.69) is 16.9 Å². The number of nitrogens with zero attached hydrogens (tertiary/aromatic N) is 1. The van der Waals surface area contributed by atoms with Gasteiger partial charge in [0, 0.05) is 12.0 Å². The molecular weight excluding hydrogens is 150 g/mol. The van der Waals surface area contributed by atoms with Crippen LogP contribution in [0.3, 0.4) is 0 Å². The first kappa shape index (κ1) is 6.46. The average Bonchev–Trinajstić information content (AvgIpc) is 2.52. The molecule has 3 aliphatic rings. The Morgan fingerprint density at radius 3 is 3.17 bits per heavy atom. The predicted octanol–water partition coefficient (Wildman–Crippen LogP) is 1.78. The molecule has 0 aromatic carbocycles. The summed E-state index contributed by atoms with van der Waals surface area (Å²) < 4.78 is 7.82. The van der Waals surface area contributed by atoms with Crippen molar-refractivity contribution >= 4 is 6.21 Å². The molecule has 0 atom stereocenters. The van der Waals surface area contributed by atoms with Gasteiger partial charge in [-0.1, -0.05) is 0 Å². The van der Waals surface area contributed by atoms with Crippen molar-refractivity contribution in [2.24, 2.45) is 0 Å². The quantitative estimate of drug-likeness (QED) is 0.494. The molecular formula is C10H12NO+. The molecule has 2 nitrogen and oxygen atoms in total. The summed E-state index contributed by atoms with van der Waals surface area (Å²) in [5.41, 5.74) is 2.99. The molecule has 0 amide bonds. The molecule has 1 aliphatic carbocycles. The third kappa shape index (κ3) is 0.724. The van der Waals surface area contributed by atoms with Gasteiger partial charge in [0.1, 0.15) is 6.21 Å². The zero-order chi connectivity index (χ0) is 7.97. The van der Waals surface area contributed by atoms with Crippen molar-refractivity contribution in [1.82, 2.24) is 0 Å². The summed E-state index contributed by atoms with van der Waals surface area (Å²) in [6, 6.07) is 0. The lowest BCUT2D eigenvalue weighted by atomic mass is 9.95. The first-order chi connectivity index (χ1) is 5.95. The van der Waals surface area contributed by atoms with E-state index in [1.54, 1.807) is 5.57 Å². The molecule has 0 unspecified atom stereocenters. The van der Waals surface area contributed by atoms with Gasteiger partial charge in [0.05, 0.1) is 0 Å². The first-order valence-electron chi connectivity index (χ1n) is 4.60. The molecule has 0 N–H and O–H groups in total. The van der Waals surface area contributed by atoms with E-state index < -0.39 is 0 Å². The van der Waals surface area contributed by atoms with Crippen LogP contribution in [0.5, 0.6) is 0 Å². The van der Waals surface area contributed by atoms with Crippen LogP contribution in [0.15, 0.2) is 23.1 Å². The molecule has 0 aromatic rings.